The van der Waals surface area contributed by atoms with E-state index in [4.69, 9.17) is 19.7 Å². The van der Waals surface area contributed by atoms with Crippen molar-refractivity contribution in [3.8, 4) is 63.0 Å². The molecular formula is C54H26N8. The van der Waals surface area contributed by atoms with E-state index in [1.54, 1.807) is 24.3 Å². The number of para-hydroxylation sites is 2. The molecule has 62 heavy (non-hydrogen) atoms. The molecule has 8 heteroatoms. The molecule has 0 saturated carbocycles. The van der Waals surface area contributed by atoms with Gasteiger partial charge in [0.25, 0.3) is 0 Å². The molecule has 0 aliphatic rings. The fourth-order valence-corrected chi connectivity index (χ4v) is 8.65. The first kappa shape index (κ1) is 36.6. The Balaban J connectivity index is 1.14. The molecule has 0 amide bonds. The predicted molar refractivity (Wildman–Crippen MR) is 244 cm³/mol. The van der Waals surface area contributed by atoms with Crippen molar-refractivity contribution in [2.75, 3.05) is 0 Å². The van der Waals surface area contributed by atoms with E-state index < -0.39 is 0 Å². The van der Waals surface area contributed by atoms with Crippen LogP contribution in [0.15, 0.2) is 158 Å². The molecule has 0 aliphatic heterocycles. The van der Waals surface area contributed by atoms with Gasteiger partial charge < -0.3 is 9.13 Å². The van der Waals surface area contributed by atoms with E-state index in [-0.39, 0.29) is 0 Å². The van der Waals surface area contributed by atoms with Gasteiger partial charge in [0.05, 0.1) is 70.9 Å². The molecule has 0 bridgehead atoms. The molecular weight excluding hydrogens is 761 g/mol. The maximum Gasteiger partial charge on any atom is 0.210 e. The van der Waals surface area contributed by atoms with Gasteiger partial charge in [-0.2, -0.15) is 15.8 Å². The normalized spacial score (nSPS) is 10.8. The van der Waals surface area contributed by atoms with Gasteiger partial charge >= 0.3 is 0 Å². The molecule has 2 aromatic heterocycles. The van der Waals surface area contributed by atoms with Gasteiger partial charge in [-0.15, -0.1) is 0 Å². The molecule has 0 N–H and O–H groups in total. The lowest BCUT2D eigenvalue weighted by atomic mass is 9.98. The van der Waals surface area contributed by atoms with Crippen molar-refractivity contribution in [2.45, 2.75) is 0 Å². The summed E-state index contributed by atoms with van der Waals surface area (Å²) in [7, 11) is 0. The summed E-state index contributed by atoms with van der Waals surface area (Å²) in [6.45, 7) is 23.5. The average molecular weight is 787 g/mol. The van der Waals surface area contributed by atoms with Crippen molar-refractivity contribution in [1.82, 2.24) is 9.13 Å². The van der Waals surface area contributed by atoms with Crippen LogP contribution >= 0.6 is 0 Å². The molecule has 0 fully saturated rings. The van der Waals surface area contributed by atoms with Crippen LogP contribution in [0.1, 0.15) is 16.7 Å². The summed E-state index contributed by atoms with van der Waals surface area (Å²) in [5.74, 6) is 0. The second-order valence-corrected chi connectivity index (χ2v) is 14.7. The largest absolute Gasteiger partial charge is 0.319 e. The van der Waals surface area contributed by atoms with Gasteiger partial charge in [-0.05, 0) is 106 Å². The van der Waals surface area contributed by atoms with E-state index in [1.807, 2.05) is 109 Å². The molecule has 8 aromatic carbocycles. The van der Waals surface area contributed by atoms with Gasteiger partial charge in [0, 0.05) is 32.7 Å². The Morgan fingerprint density at radius 3 is 1.55 bits per heavy atom. The fraction of sp³-hybridized carbons (Fsp3) is 0. The minimum absolute atomic E-state index is 0.403. The van der Waals surface area contributed by atoms with Gasteiger partial charge in [0.15, 0.2) is 11.4 Å². The highest BCUT2D eigenvalue weighted by atomic mass is 15.0. The summed E-state index contributed by atoms with van der Waals surface area (Å²) in [5.41, 5.74) is 12.5. The molecule has 0 unspecified atom stereocenters. The number of rotatable bonds is 5. The van der Waals surface area contributed by atoms with Crippen molar-refractivity contribution in [1.29, 1.82) is 15.8 Å². The summed E-state index contributed by atoms with van der Waals surface area (Å²) in [4.78, 5) is 11.2. The molecule has 0 atom stereocenters. The second kappa shape index (κ2) is 14.6. The Morgan fingerprint density at radius 1 is 0.387 bits per heavy atom. The first-order valence-electron chi connectivity index (χ1n) is 19.4. The first-order chi connectivity index (χ1) is 30.5. The van der Waals surface area contributed by atoms with Gasteiger partial charge in [-0.3, -0.25) is 0 Å². The maximum absolute atomic E-state index is 10.5. The molecule has 8 nitrogen and oxygen atoms in total. The summed E-state index contributed by atoms with van der Waals surface area (Å²) >= 11 is 0. The predicted octanol–water partition coefficient (Wildman–Crippen LogP) is 14.1. The Kier molecular flexibility index (Phi) is 8.62. The van der Waals surface area contributed by atoms with Gasteiger partial charge in [-0.1, -0.05) is 84.9 Å². The first-order valence-corrected chi connectivity index (χ1v) is 19.4. The summed E-state index contributed by atoms with van der Waals surface area (Å²) in [5, 5.41) is 33.8. The highest BCUT2D eigenvalue weighted by Gasteiger charge is 2.20. The number of hydrogen-bond donors (Lipinski definition) is 0. The number of fused-ring (bicyclic) bond motifs is 6. The third kappa shape index (κ3) is 5.71. The van der Waals surface area contributed by atoms with E-state index in [9.17, 15) is 15.8 Å². The molecule has 0 radical (unpaired) electrons. The van der Waals surface area contributed by atoms with E-state index in [0.717, 1.165) is 77.0 Å². The quantitative estimate of drug-likeness (QED) is 0.163. The highest BCUT2D eigenvalue weighted by molar-refractivity contribution is 6.12. The maximum atomic E-state index is 10.5. The van der Waals surface area contributed by atoms with Gasteiger partial charge in [0.2, 0.25) is 5.69 Å². The van der Waals surface area contributed by atoms with Crippen LogP contribution in [0, 0.1) is 53.7 Å². The molecule has 2 heterocycles. The van der Waals surface area contributed by atoms with E-state index in [2.05, 4.69) is 66.1 Å². The van der Waals surface area contributed by atoms with Crippen molar-refractivity contribution < 1.29 is 0 Å². The number of aromatic nitrogens is 2. The van der Waals surface area contributed by atoms with E-state index in [0.29, 0.717) is 45.1 Å². The Bertz CT molecular complexity index is 3590. The zero-order valence-corrected chi connectivity index (χ0v) is 32.6. The number of benzene rings is 8. The zero-order chi connectivity index (χ0) is 42.5. The SMILES string of the molecule is [C-]#[N+]c1ccc(-c2ccc3c(c2)c2ccccc2n3-c2cc(-c3ccc([N+]#[C-])c(-n4c5ccccc5c5cc(-c6ccc(C#N)cc6[N+]#[C-])ccc54)c3)ccc2C#N)c(C#N)c1. The molecule has 282 valence electrons. The van der Waals surface area contributed by atoms with E-state index in [1.165, 1.54) is 0 Å². The minimum atomic E-state index is 0.403. The second-order valence-electron chi connectivity index (χ2n) is 14.7. The van der Waals surface area contributed by atoms with Crippen molar-refractivity contribution in [2.24, 2.45) is 0 Å². The van der Waals surface area contributed by atoms with Crippen molar-refractivity contribution >= 4 is 60.7 Å². The number of nitrogens with zero attached hydrogens (tertiary/aromatic N) is 8. The van der Waals surface area contributed by atoms with Crippen LogP contribution in [-0.4, -0.2) is 9.13 Å². The monoisotopic (exact) mass is 786 g/mol. The number of hydrogen-bond acceptors (Lipinski definition) is 3. The topological polar surface area (TPSA) is 94.3 Å². The Labute approximate surface area is 355 Å². The third-order valence-corrected chi connectivity index (χ3v) is 11.5. The van der Waals surface area contributed by atoms with Gasteiger partial charge in [0.1, 0.15) is 6.07 Å². The zero-order valence-electron chi connectivity index (χ0n) is 32.6. The van der Waals surface area contributed by atoms with Crippen LogP contribution in [0.3, 0.4) is 0 Å². The average Bonchev–Trinajstić information content (AvgIpc) is 3.85. The lowest BCUT2D eigenvalue weighted by molar-refractivity contribution is 1.17. The Hall–Kier alpha value is -9.70. The highest BCUT2D eigenvalue weighted by Crippen LogP contribution is 2.42. The van der Waals surface area contributed by atoms with Crippen LogP contribution in [-0.2, 0) is 0 Å². The third-order valence-electron chi connectivity index (χ3n) is 11.5. The number of nitriles is 3. The summed E-state index contributed by atoms with van der Waals surface area (Å²) in [6.07, 6.45) is 0. The summed E-state index contributed by atoms with van der Waals surface area (Å²) < 4.78 is 4.22. The van der Waals surface area contributed by atoms with Crippen molar-refractivity contribution in [3.05, 3.63) is 209 Å². The van der Waals surface area contributed by atoms with Crippen molar-refractivity contribution in [3.63, 3.8) is 0 Å². The van der Waals surface area contributed by atoms with Crippen LogP contribution in [0.25, 0.3) is 103 Å². The molecule has 10 rings (SSSR count). The summed E-state index contributed by atoms with van der Waals surface area (Å²) in [6, 6.07) is 57.0. The molecule has 0 aliphatic carbocycles. The van der Waals surface area contributed by atoms with Crippen LogP contribution in [0.5, 0.6) is 0 Å². The lowest BCUT2D eigenvalue weighted by Crippen LogP contribution is -1.99. The minimum Gasteiger partial charge on any atom is -0.319 e. The van der Waals surface area contributed by atoms with Crippen LogP contribution in [0.4, 0.5) is 17.1 Å². The molecule has 0 saturated heterocycles. The van der Waals surface area contributed by atoms with Crippen LogP contribution < -0.4 is 0 Å². The van der Waals surface area contributed by atoms with Crippen LogP contribution in [0.2, 0.25) is 0 Å². The fourth-order valence-electron chi connectivity index (χ4n) is 8.65. The molecule has 10 aromatic rings. The Morgan fingerprint density at radius 2 is 0.935 bits per heavy atom. The van der Waals surface area contributed by atoms with Gasteiger partial charge in [-0.25, -0.2) is 14.5 Å². The standard InChI is InChI=1S/C54H26N8/c1-58-40-18-20-41(39(25-40)32-57)36-16-22-51-45(26-36)43-8-4-6-10-49(43)61(51)53-28-34(13-14-38(53)31-56)35-15-21-47(59-2)54(29-35)62-50-11-7-5-9-44(50)46-27-37(17-23-52(46)62)42-19-12-33(30-55)24-48(42)60-3/h4-29H. The smallest absolute Gasteiger partial charge is 0.210 e. The van der Waals surface area contributed by atoms with E-state index >= 15 is 0 Å². The lowest BCUT2D eigenvalue weighted by Gasteiger charge is -2.15. The molecule has 0 spiro atoms.